The molecular formula is C9H15NO5. The van der Waals surface area contributed by atoms with Crippen LogP contribution in [0.5, 0.6) is 0 Å². The van der Waals surface area contributed by atoms with Crippen LogP contribution in [0.2, 0.25) is 0 Å². The lowest BCUT2D eigenvalue weighted by Gasteiger charge is -2.10. The smallest absolute Gasteiger partial charge is 0.407 e. The third kappa shape index (κ3) is 6.48. The van der Waals surface area contributed by atoms with E-state index in [0.29, 0.717) is 12.9 Å². The predicted octanol–water partition coefficient (Wildman–Crippen LogP) is 0.253. The van der Waals surface area contributed by atoms with Crippen molar-refractivity contribution in [2.75, 3.05) is 13.7 Å². The molecule has 0 radical (unpaired) electrons. The molecular weight excluding hydrogens is 202 g/mol. The minimum absolute atomic E-state index is 0.0846. The number of aldehydes is 1. The molecule has 0 aliphatic carbocycles. The Morgan fingerprint density at radius 3 is 2.60 bits per heavy atom. The van der Waals surface area contributed by atoms with Crippen LogP contribution < -0.4 is 5.32 Å². The molecule has 0 aliphatic heterocycles. The number of carbonyl (C=O) groups is 3. The molecule has 6 nitrogen and oxygen atoms in total. The number of ether oxygens (including phenoxy) is 2. The summed E-state index contributed by atoms with van der Waals surface area (Å²) >= 11 is 0. The zero-order valence-corrected chi connectivity index (χ0v) is 8.82. The predicted molar refractivity (Wildman–Crippen MR) is 51.3 cm³/mol. The first-order valence-corrected chi connectivity index (χ1v) is 4.59. The molecule has 0 unspecified atom stereocenters. The third-order valence-electron chi connectivity index (χ3n) is 1.62. The highest BCUT2D eigenvalue weighted by Crippen LogP contribution is 1.97. The number of nitrogens with one attached hydrogen (secondary N) is 1. The van der Waals surface area contributed by atoms with Gasteiger partial charge in [0, 0.05) is 6.42 Å². The molecule has 0 aromatic rings. The summed E-state index contributed by atoms with van der Waals surface area (Å²) in [6.07, 6.45) is 0.144. The molecule has 1 N–H and O–H groups in total. The van der Waals surface area contributed by atoms with Crippen molar-refractivity contribution in [1.82, 2.24) is 5.32 Å². The number of esters is 1. The molecule has 6 heteroatoms. The van der Waals surface area contributed by atoms with E-state index in [-0.39, 0.29) is 12.8 Å². The van der Waals surface area contributed by atoms with E-state index in [1.165, 1.54) is 7.11 Å². The van der Waals surface area contributed by atoms with Crippen molar-refractivity contribution in [2.45, 2.75) is 25.8 Å². The fourth-order valence-corrected chi connectivity index (χ4v) is 0.891. The molecule has 1 amide bonds. The number of methoxy groups -OCH3 is 1. The molecule has 0 saturated carbocycles. The molecule has 0 rings (SSSR count). The van der Waals surface area contributed by atoms with Gasteiger partial charge in [-0.3, -0.25) is 4.79 Å². The number of hydrogen-bond donors (Lipinski definition) is 1. The quantitative estimate of drug-likeness (QED) is 0.509. The monoisotopic (exact) mass is 217 g/mol. The second kappa shape index (κ2) is 7.78. The molecule has 1 atom stereocenters. The maximum Gasteiger partial charge on any atom is 0.407 e. The minimum Gasteiger partial charge on any atom is -0.466 e. The van der Waals surface area contributed by atoms with Gasteiger partial charge in [0.25, 0.3) is 0 Å². The van der Waals surface area contributed by atoms with Gasteiger partial charge in [-0.05, 0) is 13.3 Å². The van der Waals surface area contributed by atoms with Crippen LogP contribution in [0.3, 0.4) is 0 Å². The Morgan fingerprint density at radius 2 is 2.13 bits per heavy atom. The van der Waals surface area contributed by atoms with Crippen LogP contribution in [0, 0.1) is 0 Å². The summed E-state index contributed by atoms with van der Waals surface area (Å²) in [6, 6.07) is -0.721. The summed E-state index contributed by atoms with van der Waals surface area (Å²) in [6.45, 7) is 2.00. The van der Waals surface area contributed by atoms with Gasteiger partial charge in [0.05, 0.1) is 19.8 Å². The van der Waals surface area contributed by atoms with Crippen molar-refractivity contribution in [1.29, 1.82) is 0 Å². The Balaban J connectivity index is 3.84. The van der Waals surface area contributed by atoms with Gasteiger partial charge in [0.15, 0.2) is 0 Å². The van der Waals surface area contributed by atoms with Crippen molar-refractivity contribution in [3.63, 3.8) is 0 Å². The Hall–Kier alpha value is -1.59. The summed E-state index contributed by atoms with van der Waals surface area (Å²) in [5.41, 5.74) is 0. The lowest BCUT2D eigenvalue weighted by molar-refractivity contribution is -0.143. The fourth-order valence-electron chi connectivity index (χ4n) is 0.891. The standard InChI is InChI=1S/C9H15NO5/c1-3-15-8(12)5-4-7(6-11)10-9(13)14-2/h6-7H,3-5H2,1-2H3,(H,10,13)/t7-/m0/s1. The zero-order chi connectivity index (χ0) is 11.7. The maximum absolute atomic E-state index is 10.9. The molecule has 0 aromatic carbocycles. The SMILES string of the molecule is CCOC(=O)CC[C@@H](C=O)NC(=O)OC. The van der Waals surface area contributed by atoms with Crippen molar-refractivity contribution < 1.29 is 23.9 Å². The van der Waals surface area contributed by atoms with E-state index in [4.69, 9.17) is 0 Å². The lowest BCUT2D eigenvalue weighted by atomic mass is 10.2. The fraction of sp³-hybridized carbons (Fsp3) is 0.667. The lowest BCUT2D eigenvalue weighted by Crippen LogP contribution is -2.36. The first-order valence-electron chi connectivity index (χ1n) is 4.59. The molecule has 0 heterocycles. The van der Waals surface area contributed by atoms with Gasteiger partial charge in [-0.2, -0.15) is 0 Å². The zero-order valence-electron chi connectivity index (χ0n) is 8.82. The first kappa shape index (κ1) is 13.4. The van der Waals surface area contributed by atoms with E-state index in [9.17, 15) is 14.4 Å². The van der Waals surface area contributed by atoms with Crippen LogP contribution in [-0.2, 0) is 19.1 Å². The summed E-state index contributed by atoms with van der Waals surface area (Å²) in [5.74, 6) is -0.393. The molecule has 0 bridgehead atoms. The summed E-state index contributed by atoms with van der Waals surface area (Å²) in [5, 5.41) is 2.28. The van der Waals surface area contributed by atoms with Crippen LogP contribution in [0.4, 0.5) is 4.79 Å². The highest BCUT2D eigenvalue weighted by molar-refractivity contribution is 5.74. The molecule has 0 saturated heterocycles. The van der Waals surface area contributed by atoms with Gasteiger partial charge in [-0.1, -0.05) is 0 Å². The van der Waals surface area contributed by atoms with Gasteiger partial charge in [0.2, 0.25) is 0 Å². The van der Waals surface area contributed by atoms with Crippen molar-refractivity contribution in [3.05, 3.63) is 0 Å². The Kier molecular flexibility index (Phi) is 6.96. The summed E-state index contributed by atoms with van der Waals surface area (Å²) < 4.78 is 8.98. The van der Waals surface area contributed by atoms with E-state index in [1.807, 2.05) is 0 Å². The topological polar surface area (TPSA) is 81.7 Å². The Labute approximate surface area is 87.9 Å². The molecule has 15 heavy (non-hydrogen) atoms. The number of amides is 1. The van der Waals surface area contributed by atoms with Crippen molar-refractivity contribution >= 4 is 18.3 Å². The Morgan fingerprint density at radius 1 is 1.47 bits per heavy atom. The van der Waals surface area contributed by atoms with E-state index in [0.717, 1.165) is 0 Å². The van der Waals surface area contributed by atoms with E-state index >= 15 is 0 Å². The average Bonchev–Trinajstić information content (AvgIpc) is 2.24. The number of rotatable bonds is 6. The second-order valence-corrected chi connectivity index (χ2v) is 2.72. The average molecular weight is 217 g/mol. The van der Waals surface area contributed by atoms with Crippen molar-refractivity contribution in [3.8, 4) is 0 Å². The first-order chi connectivity index (χ1) is 7.13. The van der Waals surface area contributed by atoms with Gasteiger partial charge in [-0.25, -0.2) is 4.79 Å². The van der Waals surface area contributed by atoms with Gasteiger partial charge in [-0.15, -0.1) is 0 Å². The van der Waals surface area contributed by atoms with E-state index in [2.05, 4.69) is 14.8 Å². The molecule has 0 spiro atoms. The minimum atomic E-state index is -0.721. The number of carbonyl (C=O) groups excluding carboxylic acids is 3. The number of hydrogen-bond acceptors (Lipinski definition) is 5. The molecule has 0 fully saturated rings. The van der Waals surface area contributed by atoms with Crippen LogP contribution >= 0.6 is 0 Å². The second-order valence-electron chi connectivity index (χ2n) is 2.72. The van der Waals surface area contributed by atoms with Crippen molar-refractivity contribution in [2.24, 2.45) is 0 Å². The highest BCUT2D eigenvalue weighted by Gasteiger charge is 2.13. The van der Waals surface area contributed by atoms with Crippen LogP contribution in [-0.4, -0.2) is 38.1 Å². The van der Waals surface area contributed by atoms with Crippen LogP contribution in [0.1, 0.15) is 19.8 Å². The van der Waals surface area contributed by atoms with Crippen LogP contribution in [0.15, 0.2) is 0 Å². The highest BCUT2D eigenvalue weighted by atomic mass is 16.5. The van der Waals surface area contributed by atoms with E-state index < -0.39 is 18.1 Å². The summed E-state index contributed by atoms with van der Waals surface area (Å²) in [4.78, 5) is 32.2. The molecule has 86 valence electrons. The molecule has 0 aromatic heterocycles. The van der Waals surface area contributed by atoms with Gasteiger partial charge in [0.1, 0.15) is 6.29 Å². The van der Waals surface area contributed by atoms with Gasteiger partial charge >= 0.3 is 12.1 Å². The van der Waals surface area contributed by atoms with Crippen LogP contribution in [0.25, 0.3) is 0 Å². The third-order valence-corrected chi connectivity index (χ3v) is 1.62. The Bertz CT molecular complexity index is 229. The van der Waals surface area contributed by atoms with E-state index in [1.54, 1.807) is 6.92 Å². The molecule has 0 aliphatic rings. The summed E-state index contributed by atoms with van der Waals surface area (Å²) in [7, 11) is 1.20. The normalized spacial score (nSPS) is 11.3. The number of alkyl carbamates (subject to hydrolysis) is 1. The largest absolute Gasteiger partial charge is 0.466 e. The van der Waals surface area contributed by atoms with Gasteiger partial charge < -0.3 is 19.6 Å². The maximum atomic E-state index is 10.9.